The van der Waals surface area contributed by atoms with Gasteiger partial charge in [-0.25, -0.2) is 14.8 Å². The number of benzene rings is 1. The molecule has 0 amide bonds. The zero-order valence-electron chi connectivity index (χ0n) is 19.7. The Balaban J connectivity index is 1.58. The van der Waals surface area contributed by atoms with Crippen molar-refractivity contribution in [1.82, 2.24) is 19.1 Å². The molecule has 0 saturated heterocycles. The Hall–Kier alpha value is -3.01. The molecule has 182 valence electrons. The summed E-state index contributed by atoms with van der Waals surface area (Å²) in [5, 5.41) is 0.587. The van der Waals surface area contributed by atoms with Gasteiger partial charge >= 0.3 is 5.69 Å². The van der Waals surface area contributed by atoms with Gasteiger partial charge < -0.3 is 10.5 Å². The number of nitrogens with zero attached hydrogens (tertiary/aromatic N) is 4. The van der Waals surface area contributed by atoms with Crippen molar-refractivity contribution < 1.29 is 4.74 Å². The van der Waals surface area contributed by atoms with Crippen LogP contribution in [0.15, 0.2) is 46.4 Å². The second kappa shape index (κ2) is 9.22. The van der Waals surface area contributed by atoms with Crippen LogP contribution in [0.3, 0.4) is 0 Å². The zero-order chi connectivity index (χ0) is 24.9. The summed E-state index contributed by atoms with van der Waals surface area (Å²) in [5.41, 5.74) is 8.42. The van der Waals surface area contributed by atoms with Crippen LogP contribution in [0.5, 0.6) is 5.75 Å². The maximum Gasteiger partial charge on any atom is 0.331 e. The van der Waals surface area contributed by atoms with Gasteiger partial charge in [0.2, 0.25) is 0 Å². The van der Waals surface area contributed by atoms with Crippen molar-refractivity contribution in [1.29, 1.82) is 0 Å². The molecule has 10 heteroatoms. The van der Waals surface area contributed by atoms with E-state index in [-0.39, 0.29) is 36.0 Å². The fourth-order valence-electron chi connectivity index (χ4n) is 4.33. The van der Waals surface area contributed by atoms with Gasteiger partial charge in [0.15, 0.2) is 0 Å². The fraction of sp³-hybridized carbons (Fsp3) is 0.360. The molecule has 0 unspecified atom stereocenters. The standard InChI is InChI=1S/C25H26ClN5O3S/c1-13(2)30-5-4-21(32)31(25(30)33)11-18-10-20-24(35-18)22(29-12-28-20)19-7-15(26)6-14(3)23(19)34-17-8-16(27)9-17/h4-7,10,12-13,16-17H,8-9,11,27H2,1-3H3. The lowest BCUT2D eigenvalue weighted by molar-refractivity contribution is 0.101. The molecule has 1 aliphatic rings. The molecule has 4 aromatic rings. The van der Waals surface area contributed by atoms with E-state index in [4.69, 9.17) is 22.1 Å². The van der Waals surface area contributed by atoms with Crippen molar-refractivity contribution in [2.45, 2.75) is 58.3 Å². The Labute approximate surface area is 211 Å². The molecular formula is C25H26ClN5O3S. The first kappa shape index (κ1) is 23.7. The van der Waals surface area contributed by atoms with E-state index in [1.165, 1.54) is 28.3 Å². The summed E-state index contributed by atoms with van der Waals surface area (Å²) in [5.74, 6) is 0.736. The Bertz CT molecular complexity index is 1530. The van der Waals surface area contributed by atoms with Crippen LogP contribution in [0, 0.1) is 6.92 Å². The number of fused-ring (bicyclic) bond motifs is 1. The topological polar surface area (TPSA) is 105 Å². The molecule has 1 aliphatic carbocycles. The molecule has 0 spiro atoms. The molecular weight excluding hydrogens is 486 g/mol. The van der Waals surface area contributed by atoms with Crippen molar-refractivity contribution in [2.75, 3.05) is 0 Å². The summed E-state index contributed by atoms with van der Waals surface area (Å²) in [7, 11) is 0. The molecule has 3 heterocycles. The first-order valence-corrected chi connectivity index (χ1v) is 12.7. The quantitative estimate of drug-likeness (QED) is 0.417. The van der Waals surface area contributed by atoms with Crippen LogP contribution in [-0.2, 0) is 6.54 Å². The maximum absolute atomic E-state index is 12.9. The number of nitrogens with two attached hydrogens (primary N) is 1. The molecule has 8 nitrogen and oxygen atoms in total. The highest BCUT2D eigenvalue weighted by Gasteiger charge is 2.29. The molecule has 5 rings (SSSR count). The predicted octanol–water partition coefficient (Wildman–Crippen LogP) is 4.14. The molecule has 3 aromatic heterocycles. The van der Waals surface area contributed by atoms with Crippen LogP contribution < -0.4 is 21.7 Å². The number of ether oxygens (including phenoxy) is 1. The third kappa shape index (κ3) is 4.51. The molecule has 0 atom stereocenters. The van der Waals surface area contributed by atoms with Gasteiger partial charge in [-0.1, -0.05) is 11.6 Å². The summed E-state index contributed by atoms with van der Waals surface area (Å²) >= 11 is 7.88. The highest BCUT2D eigenvalue weighted by Crippen LogP contribution is 2.41. The van der Waals surface area contributed by atoms with Crippen molar-refractivity contribution in [3.8, 4) is 17.0 Å². The Kier molecular flexibility index (Phi) is 6.25. The summed E-state index contributed by atoms with van der Waals surface area (Å²) in [6.45, 7) is 5.93. The van der Waals surface area contributed by atoms with Gasteiger partial charge in [0.05, 0.1) is 22.5 Å². The molecule has 0 bridgehead atoms. The van der Waals surface area contributed by atoms with Gasteiger partial charge in [-0.3, -0.25) is 13.9 Å². The van der Waals surface area contributed by atoms with Crippen LogP contribution >= 0.6 is 22.9 Å². The highest BCUT2D eigenvalue weighted by atomic mass is 35.5. The Morgan fingerprint density at radius 2 is 2.00 bits per heavy atom. The highest BCUT2D eigenvalue weighted by molar-refractivity contribution is 7.19. The number of aryl methyl sites for hydroxylation is 1. The zero-order valence-corrected chi connectivity index (χ0v) is 21.3. The lowest BCUT2D eigenvalue weighted by Crippen LogP contribution is -2.43. The third-order valence-electron chi connectivity index (χ3n) is 6.24. The molecule has 0 radical (unpaired) electrons. The summed E-state index contributed by atoms with van der Waals surface area (Å²) in [6.07, 6.45) is 4.73. The van der Waals surface area contributed by atoms with Crippen LogP contribution in [-0.4, -0.2) is 31.2 Å². The molecule has 35 heavy (non-hydrogen) atoms. The Morgan fingerprint density at radius 1 is 1.23 bits per heavy atom. The predicted molar refractivity (Wildman–Crippen MR) is 139 cm³/mol. The second-order valence-corrected chi connectivity index (χ2v) is 10.8. The number of hydrogen-bond acceptors (Lipinski definition) is 7. The summed E-state index contributed by atoms with van der Waals surface area (Å²) in [4.78, 5) is 35.2. The largest absolute Gasteiger partial charge is 0.489 e. The van der Waals surface area contributed by atoms with Crippen LogP contribution in [0.1, 0.15) is 43.2 Å². The van der Waals surface area contributed by atoms with Crippen LogP contribution in [0.2, 0.25) is 5.02 Å². The van der Waals surface area contributed by atoms with Crippen LogP contribution in [0.25, 0.3) is 21.5 Å². The number of aromatic nitrogens is 4. The SMILES string of the molecule is Cc1cc(Cl)cc(-c2ncnc3cc(Cn4c(=O)ccn(C(C)C)c4=O)sc23)c1OC1CC(N)C1. The van der Waals surface area contributed by atoms with Crippen LogP contribution in [0.4, 0.5) is 0 Å². The van der Waals surface area contributed by atoms with E-state index in [9.17, 15) is 9.59 Å². The fourth-order valence-corrected chi connectivity index (χ4v) is 5.71. The molecule has 2 N–H and O–H groups in total. The van der Waals surface area contributed by atoms with E-state index in [1.807, 2.05) is 39.0 Å². The number of rotatable bonds is 6. The lowest BCUT2D eigenvalue weighted by atomic mass is 9.90. The van der Waals surface area contributed by atoms with Gasteiger partial charge in [0, 0.05) is 39.8 Å². The van der Waals surface area contributed by atoms with Gasteiger partial charge in [-0.15, -0.1) is 11.3 Å². The maximum atomic E-state index is 12.9. The summed E-state index contributed by atoms with van der Waals surface area (Å²) < 4.78 is 9.96. The van der Waals surface area contributed by atoms with E-state index < -0.39 is 0 Å². The third-order valence-corrected chi connectivity index (χ3v) is 7.57. The molecule has 1 saturated carbocycles. The molecule has 1 fully saturated rings. The van der Waals surface area contributed by atoms with E-state index in [2.05, 4.69) is 9.97 Å². The average molecular weight is 512 g/mol. The van der Waals surface area contributed by atoms with E-state index in [0.717, 1.165) is 44.8 Å². The minimum atomic E-state index is -0.337. The number of thiophene rings is 1. The normalized spacial score (nSPS) is 17.7. The Morgan fingerprint density at radius 3 is 2.71 bits per heavy atom. The first-order valence-electron chi connectivity index (χ1n) is 11.5. The minimum Gasteiger partial charge on any atom is -0.489 e. The molecule has 0 aliphatic heterocycles. The van der Waals surface area contributed by atoms with Gasteiger partial charge in [-0.05, 0) is 57.4 Å². The minimum absolute atomic E-state index is 0.0519. The number of halogens is 1. The van der Waals surface area contributed by atoms with E-state index >= 15 is 0 Å². The van der Waals surface area contributed by atoms with E-state index in [0.29, 0.717) is 10.7 Å². The van der Waals surface area contributed by atoms with Crippen molar-refractivity contribution >= 4 is 33.2 Å². The second-order valence-electron chi connectivity index (χ2n) is 9.24. The van der Waals surface area contributed by atoms with Crippen molar-refractivity contribution in [3.63, 3.8) is 0 Å². The molecule has 1 aromatic carbocycles. The average Bonchev–Trinajstić information content (AvgIpc) is 3.19. The van der Waals surface area contributed by atoms with Gasteiger partial charge in [0.25, 0.3) is 5.56 Å². The van der Waals surface area contributed by atoms with E-state index in [1.54, 1.807) is 10.8 Å². The lowest BCUT2D eigenvalue weighted by Gasteiger charge is -2.33. The summed E-state index contributed by atoms with van der Waals surface area (Å²) in [6, 6.07) is 7.16. The van der Waals surface area contributed by atoms with Gasteiger partial charge in [-0.2, -0.15) is 0 Å². The van der Waals surface area contributed by atoms with Gasteiger partial charge in [0.1, 0.15) is 18.2 Å². The van der Waals surface area contributed by atoms with Crippen molar-refractivity contribution in [2.24, 2.45) is 5.73 Å². The van der Waals surface area contributed by atoms with Crippen molar-refractivity contribution in [3.05, 3.63) is 73.1 Å². The first-order chi connectivity index (χ1) is 16.7. The number of hydrogen-bond donors (Lipinski definition) is 1. The smallest absolute Gasteiger partial charge is 0.331 e. The monoisotopic (exact) mass is 511 g/mol.